The molecule has 0 radical (unpaired) electrons. The molecule has 2 heteroatoms. The number of rotatable bonds is 3. The lowest BCUT2D eigenvalue weighted by atomic mass is 10.1. The summed E-state index contributed by atoms with van der Waals surface area (Å²) < 4.78 is 0. The van der Waals surface area contributed by atoms with E-state index in [1.165, 1.54) is 24.8 Å². The molecular formula is C19H15NS. The van der Waals surface area contributed by atoms with Crippen molar-refractivity contribution in [3.8, 4) is 11.8 Å². The maximum Gasteiger partial charge on any atom is 0.0740 e. The van der Waals surface area contributed by atoms with E-state index in [1.54, 1.807) is 0 Å². The molecule has 0 spiro atoms. The van der Waals surface area contributed by atoms with E-state index in [1.807, 2.05) is 24.3 Å². The highest BCUT2D eigenvalue weighted by Crippen LogP contribution is 2.32. The van der Waals surface area contributed by atoms with Crippen LogP contribution >= 0.6 is 12.2 Å². The van der Waals surface area contributed by atoms with E-state index in [2.05, 4.69) is 58.5 Å². The Labute approximate surface area is 130 Å². The van der Waals surface area contributed by atoms with Gasteiger partial charge < -0.3 is 0 Å². The molecule has 0 bridgehead atoms. The van der Waals surface area contributed by atoms with Gasteiger partial charge in [-0.15, -0.1) is 0 Å². The number of aliphatic imine (C=N–C) groups is 1. The van der Waals surface area contributed by atoms with E-state index < -0.39 is 0 Å². The Kier molecular flexibility index (Phi) is 4.26. The summed E-state index contributed by atoms with van der Waals surface area (Å²) >= 11 is 4.58. The van der Waals surface area contributed by atoms with Gasteiger partial charge in [0.05, 0.1) is 10.8 Å². The Morgan fingerprint density at radius 3 is 2.00 bits per heavy atom. The van der Waals surface area contributed by atoms with Crippen LogP contribution in [-0.2, 0) is 6.42 Å². The van der Waals surface area contributed by atoms with Crippen molar-refractivity contribution in [3.05, 3.63) is 65.2 Å². The normalized spacial score (nSPS) is 13.0. The molecule has 1 saturated carbocycles. The minimum atomic E-state index is 0.806. The molecule has 0 amide bonds. The smallest absolute Gasteiger partial charge is 0.0740 e. The fourth-order valence-corrected chi connectivity index (χ4v) is 2.30. The van der Waals surface area contributed by atoms with E-state index in [4.69, 9.17) is 0 Å². The molecule has 0 unspecified atom stereocenters. The Bertz CT molecular complexity index is 722. The molecule has 3 rings (SSSR count). The zero-order valence-corrected chi connectivity index (χ0v) is 12.5. The maximum absolute atomic E-state index is 4.58. The van der Waals surface area contributed by atoms with Crippen LogP contribution in [0.5, 0.6) is 0 Å². The zero-order valence-electron chi connectivity index (χ0n) is 11.7. The van der Waals surface area contributed by atoms with Crippen molar-refractivity contribution in [2.75, 3.05) is 0 Å². The second-order valence-corrected chi connectivity index (χ2v) is 5.53. The van der Waals surface area contributed by atoms with Crippen molar-refractivity contribution in [1.29, 1.82) is 0 Å². The summed E-state index contributed by atoms with van der Waals surface area (Å²) in [5, 5.41) is 2.36. The van der Waals surface area contributed by atoms with Crippen LogP contribution in [-0.4, -0.2) is 5.16 Å². The Morgan fingerprint density at radius 2 is 1.48 bits per heavy atom. The average molecular weight is 289 g/mol. The van der Waals surface area contributed by atoms with Gasteiger partial charge in [0.2, 0.25) is 0 Å². The third-order valence-corrected chi connectivity index (χ3v) is 3.66. The van der Waals surface area contributed by atoms with E-state index in [0.29, 0.717) is 0 Å². The minimum Gasteiger partial charge on any atom is -0.195 e. The number of thiocarbonyl (C=S) groups is 1. The average Bonchev–Trinajstić information content (AvgIpc) is 3.32. The van der Waals surface area contributed by atoms with Gasteiger partial charge in [0.25, 0.3) is 0 Å². The summed E-state index contributed by atoms with van der Waals surface area (Å²) in [5.74, 6) is 7.28. The van der Waals surface area contributed by atoms with Crippen molar-refractivity contribution in [1.82, 2.24) is 0 Å². The summed E-state index contributed by atoms with van der Waals surface area (Å²) in [5.41, 5.74) is 4.25. The fraction of sp³-hybridized carbons (Fsp3) is 0.211. The number of isothiocyanates is 1. The van der Waals surface area contributed by atoms with E-state index in [0.717, 1.165) is 22.7 Å². The number of hydrogen-bond acceptors (Lipinski definition) is 2. The maximum atomic E-state index is 4.58. The van der Waals surface area contributed by atoms with Crippen molar-refractivity contribution < 1.29 is 0 Å². The second kappa shape index (κ2) is 6.50. The van der Waals surface area contributed by atoms with Crippen molar-refractivity contribution in [2.24, 2.45) is 10.9 Å². The second-order valence-electron chi connectivity index (χ2n) is 5.34. The van der Waals surface area contributed by atoms with Gasteiger partial charge in [0.1, 0.15) is 0 Å². The van der Waals surface area contributed by atoms with Gasteiger partial charge in [-0.1, -0.05) is 24.0 Å². The van der Waals surface area contributed by atoms with E-state index in [-0.39, 0.29) is 0 Å². The van der Waals surface area contributed by atoms with Gasteiger partial charge in [-0.25, -0.2) is 0 Å². The van der Waals surface area contributed by atoms with Gasteiger partial charge in [-0.2, -0.15) is 4.99 Å². The SMILES string of the molecule is S=C=Nc1ccc(C#Cc2ccc(CC3CC3)cc2)cc1. The fourth-order valence-electron chi connectivity index (χ4n) is 2.20. The van der Waals surface area contributed by atoms with Crippen LogP contribution in [0.1, 0.15) is 29.5 Å². The largest absolute Gasteiger partial charge is 0.195 e. The standard InChI is InChI=1S/C19H15NS/c21-14-20-19-11-9-16(10-12-19)2-1-15-3-5-17(6-4-15)13-18-7-8-18/h3-6,9-12,18H,7-8,13H2. The molecule has 0 saturated heterocycles. The summed E-state index contributed by atoms with van der Waals surface area (Å²) in [4.78, 5) is 3.92. The molecule has 1 nitrogen and oxygen atoms in total. The third-order valence-electron chi connectivity index (χ3n) is 3.57. The molecular weight excluding hydrogens is 274 g/mol. The van der Waals surface area contributed by atoms with Crippen molar-refractivity contribution >= 4 is 23.1 Å². The van der Waals surface area contributed by atoms with Gasteiger partial charge in [-0.3, -0.25) is 0 Å². The molecule has 1 aliphatic carbocycles. The molecule has 2 aromatic rings. The quantitative estimate of drug-likeness (QED) is 0.450. The highest BCUT2D eigenvalue weighted by Gasteiger charge is 2.20. The molecule has 1 fully saturated rings. The highest BCUT2D eigenvalue weighted by molar-refractivity contribution is 7.78. The first-order valence-corrected chi connectivity index (χ1v) is 7.53. The Morgan fingerprint density at radius 1 is 0.905 bits per heavy atom. The van der Waals surface area contributed by atoms with Crippen LogP contribution < -0.4 is 0 Å². The first-order chi connectivity index (χ1) is 10.3. The molecule has 1 aliphatic rings. The summed E-state index contributed by atoms with van der Waals surface area (Å²) in [7, 11) is 0. The lowest BCUT2D eigenvalue weighted by Crippen LogP contribution is -1.86. The lowest BCUT2D eigenvalue weighted by Gasteiger charge is -1.98. The Balaban J connectivity index is 1.69. The minimum absolute atomic E-state index is 0.806. The van der Waals surface area contributed by atoms with Gasteiger partial charge in [0, 0.05) is 11.1 Å². The summed E-state index contributed by atoms with van der Waals surface area (Å²) in [6, 6.07) is 16.3. The number of hydrogen-bond donors (Lipinski definition) is 0. The van der Waals surface area contributed by atoms with Gasteiger partial charge >= 0.3 is 0 Å². The molecule has 0 heterocycles. The van der Waals surface area contributed by atoms with Gasteiger partial charge in [-0.05, 0) is 79.4 Å². The van der Waals surface area contributed by atoms with Gasteiger partial charge in [0.15, 0.2) is 0 Å². The van der Waals surface area contributed by atoms with Crippen LogP contribution in [0.2, 0.25) is 0 Å². The number of nitrogens with zero attached hydrogens (tertiary/aromatic N) is 1. The predicted octanol–water partition coefficient (Wildman–Crippen LogP) is 4.77. The van der Waals surface area contributed by atoms with Crippen LogP contribution in [0.15, 0.2) is 53.5 Å². The van der Waals surface area contributed by atoms with Crippen LogP contribution in [0.4, 0.5) is 5.69 Å². The summed E-state index contributed by atoms with van der Waals surface area (Å²) in [6.45, 7) is 0. The first kappa shape index (κ1) is 13.8. The molecule has 21 heavy (non-hydrogen) atoms. The third kappa shape index (κ3) is 4.13. The molecule has 2 aromatic carbocycles. The van der Waals surface area contributed by atoms with Crippen molar-refractivity contribution in [2.45, 2.75) is 19.3 Å². The topological polar surface area (TPSA) is 12.4 Å². The molecule has 0 aliphatic heterocycles. The molecule has 102 valence electrons. The monoisotopic (exact) mass is 289 g/mol. The van der Waals surface area contributed by atoms with E-state index >= 15 is 0 Å². The number of benzene rings is 2. The Hall–Kier alpha value is -2.20. The summed E-state index contributed by atoms with van der Waals surface area (Å²) in [6.07, 6.45) is 4.01. The first-order valence-electron chi connectivity index (χ1n) is 7.12. The molecule has 0 atom stereocenters. The highest BCUT2D eigenvalue weighted by atomic mass is 32.1. The zero-order chi connectivity index (χ0) is 14.5. The predicted molar refractivity (Wildman–Crippen MR) is 90.0 cm³/mol. The molecule has 0 aromatic heterocycles. The molecule has 0 N–H and O–H groups in total. The van der Waals surface area contributed by atoms with Crippen molar-refractivity contribution in [3.63, 3.8) is 0 Å². The van der Waals surface area contributed by atoms with E-state index in [9.17, 15) is 0 Å². The van der Waals surface area contributed by atoms with Crippen LogP contribution in [0.25, 0.3) is 0 Å². The lowest BCUT2D eigenvalue weighted by molar-refractivity contribution is 0.832. The van der Waals surface area contributed by atoms with Crippen LogP contribution in [0, 0.1) is 17.8 Å². The van der Waals surface area contributed by atoms with Crippen LogP contribution in [0.3, 0.4) is 0 Å².